The van der Waals surface area contributed by atoms with E-state index in [0.717, 1.165) is 10.7 Å². The lowest BCUT2D eigenvalue weighted by Crippen LogP contribution is -2.31. The van der Waals surface area contributed by atoms with Gasteiger partial charge >= 0.3 is 0 Å². The summed E-state index contributed by atoms with van der Waals surface area (Å²) in [4.78, 5) is 3.12. The minimum absolute atomic E-state index is 0.292. The van der Waals surface area contributed by atoms with Crippen molar-refractivity contribution in [2.24, 2.45) is 0 Å². The highest BCUT2D eigenvalue weighted by molar-refractivity contribution is 7.79. The molecule has 0 aliphatic rings. The zero-order valence-corrected chi connectivity index (χ0v) is 11.4. The van der Waals surface area contributed by atoms with Crippen LogP contribution in [-0.2, 0) is 4.57 Å². The summed E-state index contributed by atoms with van der Waals surface area (Å²) in [6, 6.07) is 13.5. The van der Waals surface area contributed by atoms with Gasteiger partial charge in [-0.1, -0.05) is 51.1 Å². The first-order chi connectivity index (χ1) is 7.96. The highest BCUT2D eigenvalue weighted by Crippen LogP contribution is 2.54. The largest absolute Gasteiger partial charge is 0.359 e. The molecule has 0 aliphatic carbocycles. The number of H-pyrrole nitrogens is 1. The Hall–Kier alpha value is -1.27. The Labute approximate surface area is 102 Å². The number of aromatic nitrogens is 1. The first kappa shape index (κ1) is 12.2. The number of hydrogen-bond acceptors (Lipinski definition) is 1. The molecular formula is C14H18NOP. The van der Waals surface area contributed by atoms with Crippen LogP contribution < -0.4 is 10.7 Å². The second-order valence-corrected chi connectivity index (χ2v) is 8.73. The Kier molecular flexibility index (Phi) is 3.01. The molecule has 1 atom stereocenters. The van der Waals surface area contributed by atoms with E-state index in [1.165, 1.54) is 0 Å². The van der Waals surface area contributed by atoms with Gasteiger partial charge in [0.05, 0.1) is 5.44 Å². The fourth-order valence-corrected chi connectivity index (χ4v) is 4.96. The van der Waals surface area contributed by atoms with Crippen molar-refractivity contribution in [3.05, 3.63) is 48.7 Å². The Morgan fingerprint density at radius 3 is 2.12 bits per heavy atom. The van der Waals surface area contributed by atoms with Crippen molar-refractivity contribution in [3.8, 4) is 0 Å². The van der Waals surface area contributed by atoms with Crippen LogP contribution in [-0.4, -0.2) is 10.1 Å². The lowest BCUT2D eigenvalue weighted by Gasteiger charge is -2.31. The van der Waals surface area contributed by atoms with Crippen LogP contribution in [0.4, 0.5) is 0 Å². The summed E-state index contributed by atoms with van der Waals surface area (Å²) >= 11 is 0. The summed E-state index contributed by atoms with van der Waals surface area (Å²) in [5.41, 5.74) is 0.830. The van der Waals surface area contributed by atoms with E-state index in [-0.39, 0.29) is 5.16 Å². The predicted molar refractivity (Wildman–Crippen MR) is 73.9 cm³/mol. The number of nitrogens with one attached hydrogen (secondary N) is 1. The van der Waals surface area contributed by atoms with Crippen molar-refractivity contribution in [2.45, 2.75) is 25.9 Å². The van der Waals surface area contributed by atoms with Crippen LogP contribution in [0.1, 0.15) is 20.8 Å². The third kappa shape index (κ3) is 1.98. The third-order valence-electron chi connectivity index (χ3n) is 2.99. The Bertz CT molecular complexity index is 523. The molecule has 0 saturated heterocycles. The highest BCUT2D eigenvalue weighted by atomic mass is 31.2. The number of benzene rings is 1. The first-order valence-corrected chi connectivity index (χ1v) is 7.46. The van der Waals surface area contributed by atoms with Crippen LogP contribution >= 0.6 is 7.14 Å². The highest BCUT2D eigenvalue weighted by Gasteiger charge is 2.40. The molecule has 1 aromatic carbocycles. The van der Waals surface area contributed by atoms with E-state index in [4.69, 9.17) is 0 Å². The van der Waals surface area contributed by atoms with Crippen LogP contribution in [0.15, 0.2) is 48.7 Å². The fourth-order valence-electron chi connectivity index (χ4n) is 2.04. The van der Waals surface area contributed by atoms with Crippen molar-refractivity contribution in [1.29, 1.82) is 0 Å². The van der Waals surface area contributed by atoms with Crippen molar-refractivity contribution >= 4 is 17.9 Å². The molecule has 0 radical (unpaired) electrons. The lowest BCUT2D eigenvalue weighted by atomic mass is 10.3. The quantitative estimate of drug-likeness (QED) is 0.812. The molecule has 0 fully saturated rings. The van der Waals surface area contributed by atoms with Gasteiger partial charge in [-0.2, -0.15) is 0 Å². The summed E-state index contributed by atoms with van der Waals surface area (Å²) in [5.74, 6) is 0. The monoisotopic (exact) mass is 247 g/mol. The number of aromatic amines is 1. The van der Waals surface area contributed by atoms with E-state index in [1.54, 1.807) is 0 Å². The number of rotatable bonds is 2. The SMILES string of the molecule is CC(C)(C)P(=O)(c1ccccc1)c1ccc[nH]1. The second kappa shape index (κ2) is 4.19. The summed E-state index contributed by atoms with van der Waals surface area (Å²) in [6.07, 6.45) is 1.83. The first-order valence-electron chi connectivity index (χ1n) is 5.76. The molecule has 1 heterocycles. The molecule has 1 aromatic heterocycles. The second-order valence-electron chi connectivity index (χ2n) is 5.17. The molecule has 0 spiro atoms. The van der Waals surface area contributed by atoms with Crippen molar-refractivity contribution < 1.29 is 4.57 Å². The van der Waals surface area contributed by atoms with Gasteiger partial charge in [0, 0.05) is 16.7 Å². The molecule has 3 heteroatoms. The molecule has 2 nitrogen and oxygen atoms in total. The molecule has 0 bridgehead atoms. The maximum atomic E-state index is 13.5. The lowest BCUT2D eigenvalue weighted by molar-refractivity contribution is 0.563. The van der Waals surface area contributed by atoms with Crippen molar-refractivity contribution in [3.63, 3.8) is 0 Å². The van der Waals surface area contributed by atoms with Crippen LogP contribution in [0.3, 0.4) is 0 Å². The Morgan fingerprint density at radius 2 is 1.65 bits per heavy atom. The average molecular weight is 247 g/mol. The van der Waals surface area contributed by atoms with Gasteiger partial charge in [-0.05, 0) is 12.1 Å². The molecule has 1 unspecified atom stereocenters. The van der Waals surface area contributed by atoms with E-state index in [1.807, 2.05) is 69.4 Å². The average Bonchev–Trinajstić information content (AvgIpc) is 2.81. The van der Waals surface area contributed by atoms with Crippen LogP contribution in [0.2, 0.25) is 0 Å². The normalized spacial score (nSPS) is 15.5. The topological polar surface area (TPSA) is 32.9 Å². The maximum absolute atomic E-state index is 13.5. The summed E-state index contributed by atoms with van der Waals surface area (Å²) in [7, 11) is -2.62. The minimum Gasteiger partial charge on any atom is -0.359 e. The smallest absolute Gasteiger partial charge is 0.163 e. The minimum atomic E-state index is -2.62. The van der Waals surface area contributed by atoms with E-state index in [0.29, 0.717) is 0 Å². The van der Waals surface area contributed by atoms with E-state index in [2.05, 4.69) is 4.98 Å². The third-order valence-corrected chi connectivity index (χ3v) is 6.86. The van der Waals surface area contributed by atoms with Crippen LogP contribution in [0, 0.1) is 0 Å². The van der Waals surface area contributed by atoms with Crippen molar-refractivity contribution in [2.75, 3.05) is 0 Å². The summed E-state index contributed by atoms with van der Waals surface area (Å²) in [6.45, 7) is 6.09. The molecule has 0 aliphatic heterocycles. The summed E-state index contributed by atoms with van der Waals surface area (Å²) in [5, 5.41) is 0.620. The van der Waals surface area contributed by atoms with Crippen LogP contribution in [0.25, 0.3) is 0 Å². The number of hydrogen-bond donors (Lipinski definition) is 1. The molecular weight excluding hydrogens is 229 g/mol. The van der Waals surface area contributed by atoms with E-state index < -0.39 is 7.14 Å². The van der Waals surface area contributed by atoms with Gasteiger partial charge in [0.15, 0.2) is 7.14 Å². The fraction of sp³-hybridized carbons (Fsp3) is 0.286. The zero-order chi connectivity index (χ0) is 12.5. The van der Waals surface area contributed by atoms with Gasteiger partial charge < -0.3 is 9.55 Å². The van der Waals surface area contributed by atoms with Gasteiger partial charge in [-0.3, -0.25) is 0 Å². The van der Waals surface area contributed by atoms with Gasteiger partial charge in [0.25, 0.3) is 0 Å². The molecule has 1 N–H and O–H groups in total. The van der Waals surface area contributed by atoms with Crippen molar-refractivity contribution in [1.82, 2.24) is 4.98 Å². The molecule has 0 saturated carbocycles. The predicted octanol–water partition coefficient (Wildman–Crippen LogP) is 3.13. The van der Waals surface area contributed by atoms with E-state index >= 15 is 0 Å². The zero-order valence-electron chi connectivity index (χ0n) is 10.5. The standard InChI is InChI=1S/C14H18NOP/c1-14(2,3)17(16,13-10-7-11-15-13)12-8-5-4-6-9-12/h4-11,15H,1-3H3. The molecule has 17 heavy (non-hydrogen) atoms. The van der Waals surface area contributed by atoms with Gasteiger partial charge in [-0.15, -0.1) is 0 Å². The molecule has 0 amide bonds. The maximum Gasteiger partial charge on any atom is 0.163 e. The summed E-state index contributed by atoms with van der Waals surface area (Å²) < 4.78 is 13.5. The van der Waals surface area contributed by atoms with E-state index in [9.17, 15) is 4.57 Å². The molecule has 90 valence electrons. The van der Waals surface area contributed by atoms with Crippen LogP contribution in [0.5, 0.6) is 0 Å². The van der Waals surface area contributed by atoms with Gasteiger partial charge in [0.2, 0.25) is 0 Å². The van der Waals surface area contributed by atoms with Gasteiger partial charge in [-0.25, -0.2) is 0 Å². The Morgan fingerprint density at radius 1 is 1.00 bits per heavy atom. The molecule has 2 aromatic rings. The Balaban J connectivity index is 2.66. The molecule has 2 rings (SSSR count). The van der Waals surface area contributed by atoms with Gasteiger partial charge in [0.1, 0.15) is 0 Å².